The minimum absolute atomic E-state index is 0.227. The molecule has 2 rings (SSSR count). The third kappa shape index (κ3) is 9.62. The highest BCUT2D eigenvalue weighted by molar-refractivity contribution is 5.69. The summed E-state index contributed by atoms with van der Waals surface area (Å²) in [6.45, 7) is 8.02. The summed E-state index contributed by atoms with van der Waals surface area (Å²) in [6, 6.07) is 15.4. The number of hydrogen-bond donors (Lipinski definition) is 1. The van der Waals surface area contributed by atoms with Crippen molar-refractivity contribution in [3.63, 3.8) is 0 Å². The third-order valence-corrected chi connectivity index (χ3v) is 5.74. The number of benzene rings is 2. The Morgan fingerprint density at radius 2 is 1.59 bits per heavy atom. The standard InChI is InChI=1S/C31H43NO5/c1-8-11-27(35-7)12-9-22-31(34,24-14-18-26(19-15-24)32(5)6)25-16-20-28(21-17-25)36-23-10-13-29(33)37-30(2,3)4/h9,11-12,14-21,34H,8,10,13,22-23H2,1-7H3/b12-9-,27-11+. The molecule has 1 unspecified atom stereocenters. The average Bonchev–Trinajstić information content (AvgIpc) is 2.85. The number of rotatable bonds is 13. The molecule has 0 aliphatic heterocycles. The van der Waals surface area contributed by atoms with Gasteiger partial charge in [-0.3, -0.25) is 4.79 Å². The summed E-state index contributed by atoms with van der Waals surface area (Å²) in [7, 11) is 5.62. The van der Waals surface area contributed by atoms with Crippen LogP contribution in [0.25, 0.3) is 0 Å². The summed E-state index contributed by atoms with van der Waals surface area (Å²) in [5.74, 6) is 1.22. The van der Waals surface area contributed by atoms with Crippen LogP contribution < -0.4 is 9.64 Å². The van der Waals surface area contributed by atoms with Gasteiger partial charge in [-0.05, 0) is 81.2 Å². The molecule has 1 atom stereocenters. The Morgan fingerprint density at radius 1 is 1.00 bits per heavy atom. The van der Waals surface area contributed by atoms with Gasteiger partial charge in [0.05, 0.1) is 13.7 Å². The molecule has 1 N–H and O–H groups in total. The van der Waals surface area contributed by atoms with E-state index in [2.05, 4.69) is 6.92 Å². The normalized spacial score (nSPS) is 13.8. The van der Waals surface area contributed by atoms with Crippen molar-refractivity contribution in [1.82, 2.24) is 0 Å². The van der Waals surface area contributed by atoms with Gasteiger partial charge in [0, 0.05) is 32.6 Å². The molecule has 0 radical (unpaired) electrons. The fraction of sp³-hybridized carbons (Fsp3) is 0.452. The Bertz CT molecular complexity index is 1030. The van der Waals surface area contributed by atoms with Gasteiger partial charge in [0.25, 0.3) is 0 Å². The molecule has 202 valence electrons. The Kier molecular flexibility index (Phi) is 11.3. The number of nitrogens with zero attached hydrogens (tertiary/aromatic N) is 1. The first-order valence-electron chi connectivity index (χ1n) is 12.8. The Morgan fingerprint density at radius 3 is 2.11 bits per heavy atom. The van der Waals surface area contributed by atoms with Gasteiger partial charge >= 0.3 is 5.97 Å². The Labute approximate surface area is 222 Å². The zero-order valence-corrected chi connectivity index (χ0v) is 23.4. The van der Waals surface area contributed by atoms with Gasteiger partial charge in [0.1, 0.15) is 22.7 Å². The van der Waals surface area contributed by atoms with Gasteiger partial charge in [0.2, 0.25) is 0 Å². The average molecular weight is 510 g/mol. The van der Waals surface area contributed by atoms with Crippen LogP contribution in [0, 0.1) is 0 Å². The van der Waals surface area contributed by atoms with Gasteiger partial charge in [-0.1, -0.05) is 37.3 Å². The van der Waals surface area contributed by atoms with Crippen LogP contribution in [-0.2, 0) is 19.9 Å². The second-order valence-corrected chi connectivity index (χ2v) is 10.2. The monoisotopic (exact) mass is 509 g/mol. The van der Waals surface area contributed by atoms with Crippen LogP contribution in [-0.4, -0.2) is 44.5 Å². The lowest BCUT2D eigenvalue weighted by Crippen LogP contribution is -2.26. The summed E-state index contributed by atoms with van der Waals surface area (Å²) in [5.41, 5.74) is 0.900. The topological polar surface area (TPSA) is 68.2 Å². The van der Waals surface area contributed by atoms with E-state index in [0.29, 0.717) is 31.6 Å². The molecule has 2 aromatic rings. The number of hydrogen-bond acceptors (Lipinski definition) is 6. The van der Waals surface area contributed by atoms with Gasteiger partial charge in [0.15, 0.2) is 0 Å². The molecule has 0 spiro atoms. The molecular weight excluding hydrogens is 466 g/mol. The number of allylic oxidation sites excluding steroid dienone is 2. The molecule has 0 saturated carbocycles. The van der Waals surface area contributed by atoms with E-state index in [0.717, 1.165) is 29.0 Å². The van der Waals surface area contributed by atoms with Gasteiger partial charge in [-0.25, -0.2) is 0 Å². The van der Waals surface area contributed by atoms with Crippen LogP contribution in [0.5, 0.6) is 5.75 Å². The fourth-order valence-corrected chi connectivity index (χ4v) is 3.83. The van der Waals surface area contributed by atoms with Crippen molar-refractivity contribution < 1.29 is 24.1 Å². The molecular formula is C31H43NO5. The zero-order valence-electron chi connectivity index (χ0n) is 23.4. The lowest BCUT2D eigenvalue weighted by molar-refractivity contribution is -0.155. The number of methoxy groups -OCH3 is 1. The highest BCUT2D eigenvalue weighted by atomic mass is 16.6. The van der Waals surface area contributed by atoms with Gasteiger partial charge in [-0.15, -0.1) is 0 Å². The highest BCUT2D eigenvalue weighted by Gasteiger charge is 2.30. The maximum absolute atomic E-state index is 11.9. The van der Waals surface area contributed by atoms with E-state index < -0.39 is 11.2 Å². The summed E-state index contributed by atoms with van der Waals surface area (Å²) in [6.07, 6.45) is 7.93. The molecule has 0 heterocycles. The van der Waals surface area contributed by atoms with Crippen molar-refractivity contribution in [2.24, 2.45) is 0 Å². The van der Waals surface area contributed by atoms with E-state index in [1.165, 1.54) is 0 Å². The van der Waals surface area contributed by atoms with E-state index in [1.807, 2.05) is 107 Å². The van der Waals surface area contributed by atoms with Crippen molar-refractivity contribution in [3.05, 3.63) is 83.6 Å². The number of ether oxygens (including phenoxy) is 3. The van der Waals surface area contributed by atoms with Crippen LogP contribution in [0.3, 0.4) is 0 Å². The Balaban J connectivity index is 2.17. The number of anilines is 1. The molecule has 0 bridgehead atoms. The summed E-state index contributed by atoms with van der Waals surface area (Å²) in [4.78, 5) is 13.9. The largest absolute Gasteiger partial charge is 0.497 e. The van der Waals surface area contributed by atoms with Crippen molar-refractivity contribution in [2.45, 2.75) is 64.6 Å². The maximum Gasteiger partial charge on any atom is 0.306 e. The summed E-state index contributed by atoms with van der Waals surface area (Å²) in [5, 5.41) is 11.9. The van der Waals surface area contributed by atoms with E-state index in [1.54, 1.807) is 7.11 Å². The summed E-state index contributed by atoms with van der Waals surface area (Å²) >= 11 is 0. The zero-order chi connectivity index (χ0) is 27.5. The van der Waals surface area contributed by atoms with E-state index >= 15 is 0 Å². The van der Waals surface area contributed by atoms with E-state index in [4.69, 9.17) is 14.2 Å². The minimum atomic E-state index is -1.23. The molecule has 0 saturated heterocycles. The van der Waals surface area contributed by atoms with Crippen molar-refractivity contribution >= 4 is 11.7 Å². The first-order chi connectivity index (χ1) is 17.5. The molecule has 37 heavy (non-hydrogen) atoms. The van der Waals surface area contributed by atoms with Crippen molar-refractivity contribution in [1.29, 1.82) is 0 Å². The highest BCUT2D eigenvalue weighted by Crippen LogP contribution is 2.35. The smallest absolute Gasteiger partial charge is 0.306 e. The minimum Gasteiger partial charge on any atom is -0.497 e. The van der Waals surface area contributed by atoms with Crippen LogP contribution in [0.15, 0.2) is 72.5 Å². The SMILES string of the molecule is CC/C=C(\C=C/CC(O)(c1ccc(OCCCC(=O)OC(C)(C)C)cc1)c1ccc(N(C)C)cc1)OC. The number of esters is 1. The molecule has 0 amide bonds. The quantitative estimate of drug-likeness (QED) is 0.146. The number of carbonyl (C=O) groups excluding carboxylic acids is 1. The van der Waals surface area contributed by atoms with Crippen LogP contribution >= 0.6 is 0 Å². The molecule has 0 fully saturated rings. The number of carbonyl (C=O) groups is 1. The van der Waals surface area contributed by atoms with E-state index in [9.17, 15) is 9.90 Å². The summed E-state index contributed by atoms with van der Waals surface area (Å²) < 4.78 is 16.6. The first kappa shape index (κ1) is 30.0. The van der Waals surface area contributed by atoms with E-state index in [-0.39, 0.29) is 5.97 Å². The second kappa shape index (κ2) is 13.9. The predicted molar refractivity (Wildman–Crippen MR) is 150 cm³/mol. The molecule has 6 heteroatoms. The lowest BCUT2D eigenvalue weighted by atomic mass is 9.83. The second-order valence-electron chi connectivity index (χ2n) is 10.2. The number of aliphatic hydroxyl groups is 1. The van der Waals surface area contributed by atoms with Crippen LogP contribution in [0.4, 0.5) is 5.69 Å². The molecule has 6 nitrogen and oxygen atoms in total. The third-order valence-electron chi connectivity index (χ3n) is 5.74. The maximum atomic E-state index is 11.9. The molecule has 0 aliphatic carbocycles. The molecule has 2 aromatic carbocycles. The first-order valence-corrected chi connectivity index (χ1v) is 12.8. The lowest BCUT2D eigenvalue weighted by Gasteiger charge is -2.29. The molecule has 0 aromatic heterocycles. The van der Waals surface area contributed by atoms with Gasteiger partial charge < -0.3 is 24.2 Å². The van der Waals surface area contributed by atoms with Crippen molar-refractivity contribution in [2.75, 3.05) is 32.7 Å². The fourth-order valence-electron chi connectivity index (χ4n) is 3.83. The van der Waals surface area contributed by atoms with Crippen molar-refractivity contribution in [3.8, 4) is 5.75 Å². The van der Waals surface area contributed by atoms with Crippen LogP contribution in [0.1, 0.15) is 64.5 Å². The molecule has 0 aliphatic rings. The Hall–Kier alpha value is -3.25. The predicted octanol–water partition coefficient (Wildman–Crippen LogP) is 6.38. The van der Waals surface area contributed by atoms with Gasteiger partial charge in [-0.2, -0.15) is 0 Å². The van der Waals surface area contributed by atoms with Crippen LogP contribution in [0.2, 0.25) is 0 Å².